The highest BCUT2D eigenvalue weighted by atomic mass is 16.5. The van der Waals surface area contributed by atoms with Gasteiger partial charge >= 0.3 is 6.03 Å². The van der Waals surface area contributed by atoms with Crippen LogP contribution < -0.4 is 14.8 Å². The van der Waals surface area contributed by atoms with Gasteiger partial charge in [-0.05, 0) is 42.0 Å². The van der Waals surface area contributed by atoms with Gasteiger partial charge in [0.25, 0.3) is 0 Å². The molecule has 0 saturated carbocycles. The van der Waals surface area contributed by atoms with E-state index in [1.807, 2.05) is 35.4 Å². The molecule has 0 bridgehead atoms. The predicted molar refractivity (Wildman–Crippen MR) is 106 cm³/mol. The van der Waals surface area contributed by atoms with Crippen molar-refractivity contribution in [3.63, 3.8) is 0 Å². The highest BCUT2D eigenvalue weighted by Gasteiger charge is 2.32. The standard InChI is InChI=1S/C21H22N4O3/c1-27-18-7-3-5-16(20(18)28-2)23-21(26)25-14-13-24-12-4-6-17(24)19(25)15-8-10-22-11-9-15/h3-12,19H,13-14H2,1-2H3,(H,23,26). The van der Waals surface area contributed by atoms with Crippen molar-refractivity contribution in [3.8, 4) is 11.5 Å². The van der Waals surface area contributed by atoms with E-state index in [-0.39, 0.29) is 12.1 Å². The molecule has 0 fully saturated rings. The number of para-hydroxylation sites is 1. The number of nitrogens with one attached hydrogen (secondary N) is 1. The van der Waals surface area contributed by atoms with Crippen LogP contribution in [-0.4, -0.2) is 41.2 Å². The molecule has 28 heavy (non-hydrogen) atoms. The van der Waals surface area contributed by atoms with Gasteiger partial charge in [0.1, 0.15) is 0 Å². The quantitative estimate of drug-likeness (QED) is 0.754. The molecule has 2 aromatic heterocycles. The Kier molecular flexibility index (Phi) is 4.89. The molecule has 0 spiro atoms. The Morgan fingerprint density at radius 3 is 2.64 bits per heavy atom. The molecule has 0 aliphatic carbocycles. The minimum atomic E-state index is -0.194. The molecule has 1 atom stereocenters. The topological polar surface area (TPSA) is 68.6 Å². The zero-order chi connectivity index (χ0) is 19.5. The van der Waals surface area contributed by atoms with E-state index in [1.54, 1.807) is 38.7 Å². The summed E-state index contributed by atoms with van der Waals surface area (Å²) in [6.07, 6.45) is 5.54. The van der Waals surface area contributed by atoms with Crippen LogP contribution >= 0.6 is 0 Å². The third-order valence-corrected chi connectivity index (χ3v) is 4.97. The van der Waals surface area contributed by atoms with E-state index in [9.17, 15) is 4.79 Å². The molecule has 1 aromatic carbocycles. The third-order valence-electron chi connectivity index (χ3n) is 4.97. The van der Waals surface area contributed by atoms with E-state index in [1.165, 1.54) is 0 Å². The number of carbonyl (C=O) groups is 1. The average molecular weight is 378 g/mol. The molecule has 7 heteroatoms. The Morgan fingerprint density at radius 1 is 1.07 bits per heavy atom. The fraction of sp³-hybridized carbons (Fsp3) is 0.238. The van der Waals surface area contributed by atoms with Crippen molar-refractivity contribution in [2.75, 3.05) is 26.1 Å². The number of pyridine rings is 1. The van der Waals surface area contributed by atoms with Crippen molar-refractivity contribution >= 4 is 11.7 Å². The number of hydrogen-bond donors (Lipinski definition) is 1. The normalized spacial score (nSPS) is 15.6. The summed E-state index contributed by atoms with van der Waals surface area (Å²) in [4.78, 5) is 19.2. The van der Waals surface area contributed by atoms with Crippen LogP contribution in [0.2, 0.25) is 0 Å². The van der Waals surface area contributed by atoms with Crippen molar-refractivity contribution < 1.29 is 14.3 Å². The van der Waals surface area contributed by atoms with Crippen LogP contribution in [-0.2, 0) is 6.54 Å². The monoisotopic (exact) mass is 378 g/mol. The van der Waals surface area contributed by atoms with E-state index >= 15 is 0 Å². The number of nitrogens with zero attached hydrogens (tertiary/aromatic N) is 3. The number of urea groups is 1. The lowest BCUT2D eigenvalue weighted by molar-refractivity contribution is 0.181. The lowest BCUT2D eigenvalue weighted by Gasteiger charge is -2.37. The number of carbonyl (C=O) groups excluding carboxylic acids is 1. The second-order valence-electron chi connectivity index (χ2n) is 6.47. The van der Waals surface area contributed by atoms with E-state index in [4.69, 9.17) is 9.47 Å². The van der Waals surface area contributed by atoms with Gasteiger partial charge in [0.05, 0.1) is 25.9 Å². The summed E-state index contributed by atoms with van der Waals surface area (Å²) in [6.45, 7) is 1.33. The number of hydrogen-bond acceptors (Lipinski definition) is 4. The Morgan fingerprint density at radius 2 is 1.89 bits per heavy atom. The highest BCUT2D eigenvalue weighted by Crippen LogP contribution is 2.36. The van der Waals surface area contributed by atoms with Gasteiger partial charge in [0.15, 0.2) is 11.5 Å². The first-order valence-electron chi connectivity index (χ1n) is 9.06. The smallest absolute Gasteiger partial charge is 0.322 e. The second-order valence-corrected chi connectivity index (χ2v) is 6.47. The zero-order valence-electron chi connectivity index (χ0n) is 15.8. The predicted octanol–water partition coefficient (Wildman–Crippen LogP) is 3.54. The summed E-state index contributed by atoms with van der Waals surface area (Å²) in [6, 6.07) is 13.0. The van der Waals surface area contributed by atoms with Gasteiger partial charge in [0.2, 0.25) is 0 Å². The first kappa shape index (κ1) is 17.9. The van der Waals surface area contributed by atoms with Crippen molar-refractivity contribution in [1.82, 2.24) is 14.5 Å². The number of fused-ring (bicyclic) bond motifs is 1. The van der Waals surface area contributed by atoms with E-state index in [0.717, 1.165) is 17.8 Å². The van der Waals surface area contributed by atoms with Gasteiger partial charge in [-0.3, -0.25) is 4.98 Å². The zero-order valence-corrected chi connectivity index (χ0v) is 15.8. The molecular formula is C21H22N4O3. The highest BCUT2D eigenvalue weighted by molar-refractivity contribution is 5.92. The molecule has 1 aliphatic heterocycles. The second kappa shape index (κ2) is 7.64. The maximum atomic E-state index is 13.2. The van der Waals surface area contributed by atoms with Crippen LogP contribution in [0.25, 0.3) is 0 Å². The molecule has 7 nitrogen and oxygen atoms in total. The molecule has 4 rings (SSSR count). The van der Waals surface area contributed by atoms with Gasteiger partial charge in [0, 0.05) is 37.4 Å². The van der Waals surface area contributed by atoms with Gasteiger partial charge in [-0.15, -0.1) is 0 Å². The Hall–Kier alpha value is -3.48. The van der Waals surface area contributed by atoms with E-state index in [2.05, 4.69) is 20.9 Å². The molecular weight excluding hydrogens is 356 g/mol. The number of anilines is 1. The lowest BCUT2D eigenvalue weighted by Crippen LogP contribution is -2.44. The fourth-order valence-electron chi connectivity index (χ4n) is 3.67. The van der Waals surface area contributed by atoms with E-state index < -0.39 is 0 Å². The summed E-state index contributed by atoms with van der Waals surface area (Å²) in [7, 11) is 3.13. The summed E-state index contributed by atoms with van der Waals surface area (Å²) in [5, 5.41) is 2.99. The molecule has 1 N–H and O–H groups in total. The molecule has 2 amide bonds. The Labute approximate surface area is 163 Å². The van der Waals surface area contributed by atoms with Crippen molar-refractivity contribution in [2.24, 2.45) is 0 Å². The third kappa shape index (κ3) is 3.15. The maximum absolute atomic E-state index is 13.2. The number of benzene rings is 1. The molecule has 0 saturated heterocycles. The van der Waals surface area contributed by atoms with Gasteiger partial charge in [-0.2, -0.15) is 0 Å². The molecule has 3 heterocycles. The molecule has 1 unspecified atom stereocenters. The number of ether oxygens (including phenoxy) is 2. The SMILES string of the molecule is COc1cccc(NC(=O)N2CCn3cccc3C2c2ccncc2)c1OC. The van der Waals surface area contributed by atoms with Crippen molar-refractivity contribution in [1.29, 1.82) is 0 Å². The van der Waals surface area contributed by atoms with Crippen LogP contribution in [0.5, 0.6) is 11.5 Å². The average Bonchev–Trinajstić information content (AvgIpc) is 3.22. The molecule has 3 aromatic rings. The summed E-state index contributed by atoms with van der Waals surface area (Å²) in [5.74, 6) is 1.07. The van der Waals surface area contributed by atoms with Crippen LogP contribution in [0.3, 0.4) is 0 Å². The van der Waals surface area contributed by atoms with E-state index in [0.29, 0.717) is 23.7 Å². The molecule has 1 aliphatic rings. The number of methoxy groups -OCH3 is 2. The van der Waals surface area contributed by atoms with Crippen molar-refractivity contribution in [2.45, 2.75) is 12.6 Å². The summed E-state index contributed by atoms with van der Waals surface area (Å²) >= 11 is 0. The largest absolute Gasteiger partial charge is 0.493 e. The number of rotatable bonds is 4. The first-order valence-corrected chi connectivity index (χ1v) is 9.06. The first-order chi connectivity index (χ1) is 13.7. The minimum absolute atomic E-state index is 0.191. The van der Waals surface area contributed by atoms with Gasteiger partial charge in [-0.1, -0.05) is 6.07 Å². The molecule has 144 valence electrons. The fourth-order valence-corrected chi connectivity index (χ4v) is 3.67. The maximum Gasteiger partial charge on any atom is 0.322 e. The van der Waals surface area contributed by atoms with Crippen LogP contribution in [0.1, 0.15) is 17.3 Å². The summed E-state index contributed by atoms with van der Waals surface area (Å²) in [5.41, 5.74) is 2.66. The Balaban J connectivity index is 1.67. The molecule has 0 radical (unpaired) electrons. The number of amides is 2. The van der Waals surface area contributed by atoms with Crippen LogP contribution in [0.4, 0.5) is 10.5 Å². The van der Waals surface area contributed by atoms with Crippen LogP contribution in [0, 0.1) is 0 Å². The minimum Gasteiger partial charge on any atom is -0.493 e. The lowest BCUT2D eigenvalue weighted by atomic mass is 10.0. The van der Waals surface area contributed by atoms with Gasteiger partial charge < -0.3 is 24.3 Å². The number of aromatic nitrogens is 2. The van der Waals surface area contributed by atoms with Gasteiger partial charge in [-0.25, -0.2) is 4.79 Å². The van der Waals surface area contributed by atoms with Crippen molar-refractivity contribution in [3.05, 3.63) is 72.3 Å². The van der Waals surface area contributed by atoms with Crippen LogP contribution in [0.15, 0.2) is 61.1 Å². The summed E-state index contributed by atoms with van der Waals surface area (Å²) < 4.78 is 13.0. The Bertz CT molecular complexity index is 971.